The van der Waals surface area contributed by atoms with Crippen molar-refractivity contribution < 1.29 is 9.50 Å². The van der Waals surface area contributed by atoms with Crippen molar-refractivity contribution >= 4 is 16.9 Å². The van der Waals surface area contributed by atoms with Gasteiger partial charge in [-0.15, -0.1) is 0 Å². The SMILES string of the molecule is CCNC(=NCc1ccc(F)c(CO)c1)NCCCn1ccc2ccccc21. The van der Waals surface area contributed by atoms with Crippen LogP contribution in [0.3, 0.4) is 0 Å². The van der Waals surface area contributed by atoms with Crippen molar-refractivity contribution in [3.05, 3.63) is 71.7 Å². The Hall–Kier alpha value is -2.86. The van der Waals surface area contributed by atoms with Crippen LogP contribution in [0.4, 0.5) is 4.39 Å². The van der Waals surface area contributed by atoms with Gasteiger partial charge >= 0.3 is 0 Å². The Bertz CT molecular complexity index is 935. The molecule has 1 heterocycles. The first kappa shape index (κ1) is 19.9. The molecule has 6 heteroatoms. The smallest absolute Gasteiger partial charge is 0.191 e. The summed E-state index contributed by atoms with van der Waals surface area (Å²) in [7, 11) is 0. The highest BCUT2D eigenvalue weighted by Gasteiger charge is 2.04. The Labute approximate surface area is 164 Å². The quantitative estimate of drug-likeness (QED) is 0.318. The molecule has 28 heavy (non-hydrogen) atoms. The number of hydrogen-bond donors (Lipinski definition) is 3. The van der Waals surface area contributed by atoms with E-state index in [0.29, 0.717) is 12.1 Å². The summed E-state index contributed by atoms with van der Waals surface area (Å²) < 4.78 is 15.7. The number of fused-ring (bicyclic) bond motifs is 1. The first-order valence-corrected chi connectivity index (χ1v) is 9.65. The van der Waals surface area contributed by atoms with Gasteiger partial charge in [0, 0.05) is 36.9 Å². The number of aryl methyl sites for hydroxylation is 1. The van der Waals surface area contributed by atoms with Crippen molar-refractivity contribution in [3.63, 3.8) is 0 Å². The maximum atomic E-state index is 13.5. The summed E-state index contributed by atoms with van der Waals surface area (Å²) in [6, 6.07) is 15.2. The van der Waals surface area contributed by atoms with E-state index in [9.17, 15) is 9.50 Å². The molecule has 0 aliphatic rings. The number of rotatable bonds is 8. The van der Waals surface area contributed by atoms with Crippen molar-refractivity contribution in [2.24, 2.45) is 4.99 Å². The Morgan fingerprint density at radius 2 is 2.00 bits per heavy atom. The summed E-state index contributed by atoms with van der Waals surface area (Å²) in [5, 5.41) is 17.0. The lowest BCUT2D eigenvalue weighted by Gasteiger charge is -2.12. The molecule has 5 nitrogen and oxygen atoms in total. The molecule has 0 aliphatic carbocycles. The molecule has 3 rings (SSSR count). The maximum Gasteiger partial charge on any atom is 0.191 e. The summed E-state index contributed by atoms with van der Waals surface area (Å²) in [5.74, 6) is 0.340. The third-order valence-corrected chi connectivity index (χ3v) is 4.59. The molecule has 0 aliphatic heterocycles. The number of aromatic nitrogens is 1. The summed E-state index contributed by atoms with van der Waals surface area (Å²) in [5.41, 5.74) is 2.41. The lowest BCUT2D eigenvalue weighted by Crippen LogP contribution is -2.38. The molecule has 3 aromatic rings. The van der Waals surface area contributed by atoms with Crippen molar-refractivity contribution in [2.75, 3.05) is 13.1 Å². The number of halogens is 1. The first-order valence-electron chi connectivity index (χ1n) is 9.65. The number of para-hydroxylation sites is 1. The first-order chi connectivity index (χ1) is 13.7. The Morgan fingerprint density at radius 3 is 2.82 bits per heavy atom. The molecule has 0 bridgehead atoms. The molecule has 0 radical (unpaired) electrons. The normalized spacial score (nSPS) is 11.8. The van der Waals surface area contributed by atoms with Gasteiger partial charge in [-0.25, -0.2) is 9.38 Å². The van der Waals surface area contributed by atoms with Crippen LogP contribution in [0.15, 0.2) is 59.7 Å². The largest absolute Gasteiger partial charge is 0.392 e. The summed E-state index contributed by atoms with van der Waals surface area (Å²) in [6.45, 7) is 4.62. The van der Waals surface area contributed by atoms with E-state index in [1.54, 1.807) is 12.1 Å². The predicted molar refractivity (Wildman–Crippen MR) is 112 cm³/mol. The van der Waals surface area contributed by atoms with Gasteiger partial charge in [0.1, 0.15) is 5.82 Å². The zero-order valence-corrected chi connectivity index (χ0v) is 16.2. The number of hydrogen-bond acceptors (Lipinski definition) is 2. The fraction of sp³-hybridized carbons (Fsp3) is 0.318. The molecule has 3 N–H and O–H groups in total. The van der Waals surface area contributed by atoms with Gasteiger partial charge in [-0.05, 0) is 48.6 Å². The van der Waals surface area contributed by atoms with Crippen LogP contribution in [0.2, 0.25) is 0 Å². The second-order valence-corrected chi connectivity index (χ2v) is 6.63. The van der Waals surface area contributed by atoms with Gasteiger partial charge in [0.05, 0.1) is 13.2 Å². The molecule has 0 unspecified atom stereocenters. The van der Waals surface area contributed by atoms with E-state index in [4.69, 9.17) is 0 Å². The van der Waals surface area contributed by atoms with Crippen LogP contribution in [-0.2, 0) is 19.7 Å². The molecule has 0 atom stereocenters. The highest BCUT2D eigenvalue weighted by Crippen LogP contribution is 2.15. The fourth-order valence-corrected chi connectivity index (χ4v) is 3.15. The molecular weight excluding hydrogens is 355 g/mol. The molecule has 0 amide bonds. The zero-order valence-electron chi connectivity index (χ0n) is 16.2. The van der Waals surface area contributed by atoms with Gasteiger partial charge < -0.3 is 20.3 Å². The lowest BCUT2D eigenvalue weighted by atomic mass is 10.1. The Kier molecular flexibility index (Phi) is 7.03. The second kappa shape index (κ2) is 9.90. The van der Waals surface area contributed by atoms with Crippen LogP contribution < -0.4 is 10.6 Å². The number of nitrogens with one attached hydrogen (secondary N) is 2. The number of guanidine groups is 1. The van der Waals surface area contributed by atoms with Crippen LogP contribution in [-0.4, -0.2) is 28.7 Å². The van der Waals surface area contributed by atoms with Crippen LogP contribution in [0, 0.1) is 5.82 Å². The minimum absolute atomic E-state index is 0.296. The molecule has 2 aromatic carbocycles. The topological polar surface area (TPSA) is 61.6 Å². The standard InChI is InChI=1S/C22H27FN4O/c1-2-24-22(26-15-17-8-9-20(23)19(14-17)16-28)25-11-5-12-27-13-10-18-6-3-4-7-21(18)27/h3-4,6-10,13-14,28H,2,5,11-12,15-16H2,1H3,(H2,24,25,26). The highest BCUT2D eigenvalue weighted by molar-refractivity contribution is 5.80. The minimum Gasteiger partial charge on any atom is -0.392 e. The van der Waals surface area contributed by atoms with Crippen LogP contribution in [0.25, 0.3) is 10.9 Å². The number of aliphatic hydroxyl groups is 1. The summed E-state index contributed by atoms with van der Waals surface area (Å²) in [6.07, 6.45) is 3.09. The Balaban J connectivity index is 1.53. The zero-order chi connectivity index (χ0) is 19.8. The average Bonchev–Trinajstić information content (AvgIpc) is 3.13. The van der Waals surface area contributed by atoms with Gasteiger partial charge in [0.25, 0.3) is 0 Å². The van der Waals surface area contributed by atoms with Crippen LogP contribution >= 0.6 is 0 Å². The van der Waals surface area contributed by atoms with Crippen molar-refractivity contribution in [1.82, 2.24) is 15.2 Å². The van der Waals surface area contributed by atoms with E-state index in [-0.39, 0.29) is 6.61 Å². The molecule has 0 saturated heterocycles. The van der Waals surface area contributed by atoms with Crippen LogP contribution in [0.1, 0.15) is 24.5 Å². The van der Waals surface area contributed by atoms with E-state index >= 15 is 0 Å². The monoisotopic (exact) mass is 382 g/mol. The van der Waals surface area contributed by atoms with Crippen molar-refractivity contribution in [1.29, 1.82) is 0 Å². The van der Waals surface area contributed by atoms with Crippen LogP contribution in [0.5, 0.6) is 0 Å². The number of aliphatic hydroxyl groups excluding tert-OH is 1. The lowest BCUT2D eigenvalue weighted by molar-refractivity contribution is 0.275. The highest BCUT2D eigenvalue weighted by atomic mass is 19.1. The third kappa shape index (κ3) is 5.10. The molecule has 0 fully saturated rings. The second-order valence-electron chi connectivity index (χ2n) is 6.63. The molecular formula is C22H27FN4O. The minimum atomic E-state index is -0.391. The summed E-state index contributed by atoms with van der Waals surface area (Å²) in [4.78, 5) is 4.56. The molecule has 148 valence electrons. The van der Waals surface area contributed by atoms with E-state index in [2.05, 4.69) is 56.7 Å². The maximum absolute atomic E-state index is 13.5. The van der Waals surface area contributed by atoms with E-state index in [1.165, 1.54) is 17.0 Å². The number of benzene rings is 2. The average molecular weight is 382 g/mol. The predicted octanol–water partition coefficient (Wildman–Crippen LogP) is 3.42. The van der Waals surface area contributed by atoms with Gasteiger partial charge in [-0.3, -0.25) is 0 Å². The van der Waals surface area contributed by atoms with E-state index < -0.39 is 5.82 Å². The third-order valence-electron chi connectivity index (χ3n) is 4.59. The van der Waals surface area contributed by atoms with Crippen molar-refractivity contribution in [2.45, 2.75) is 33.0 Å². The molecule has 0 saturated carbocycles. The van der Waals surface area contributed by atoms with E-state index in [1.807, 2.05) is 6.92 Å². The molecule has 0 spiro atoms. The Morgan fingerprint density at radius 1 is 1.14 bits per heavy atom. The molecule has 1 aromatic heterocycles. The fourth-order valence-electron chi connectivity index (χ4n) is 3.15. The summed E-state index contributed by atoms with van der Waals surface area (Å²) >= 11 is 0. The van der Waals surface area contributed by atoms with E-state index in [0.717, 1.165) is 37.6 Å². The van der Waals surface area contributed by atoms with Gasteiger partial charge in [-0.1, -0.05) is 24.3 Å². The number of nitrogens with zero attached hydrogens (tertiary/aromatic N) is 2. The van der Waals surface area contributed by atoms with Gasteiger partial charge in [-0.2, -0.15) is 0 Å². The van der Waals surface area contributed by atoms with Crippen molar-refractivity contribution in [3.8, 4) is 0 Å². The number of aliphatic imine (C=N–C) groups is 1. The van der Waals surface area contributed by atoms with Gasteiger partial charge in [0.15, 0.2) is 5.96 Å². The van der Waals surface area contributed by atoms with Gasteiger partial charge in [0.2, 0.25) is 0 Å².